The summed E-state index contributed by atoms with van der Waals surface area (Å²) in [5, 5.41) is 6.71. The number of fused-ring (bicyclic) bond motifs is 1. The van der Waals surface area contributed by atoms with Gasteiger partial charge in [-0.1, -0.05) is 35.9 Å². The fourth-order valence-corrected chi connectivity index (χ4v) is 4.83. The molecule has 10 heteroatoms. The molecule has 2 heterocycles. The standard InChI is InChI=1S/C29H28ClN3O6/c1-36-14-13-32(29(35)19-7-10-21(37-2)11-8-19)17-28(34)33-25(20-9-12-26-27(15-20)39-18-38-26)16-24(31-33)22-5-3-4-6-23(22)30/h3-12,15,25H,13-14,16-18H2,1-2H3/t25-/m0/s1. The zero-order valence-electron chi connectivity index (χ0n) is 21.6. The summed E-state index contributed by atoms with van der Waals surface area (Å²) in [4.78, 5) is 28.7. The van der Waals surface area contributed by atoms with Gasteiger partial charge in [0.25, 0.3) is 11.8 Å². The lowest BCUT2D eigenvalue weighted by atomic mass is 9.98. The van der Waals surface area contributed by atoms with Crippen LogP contribution in [0.1, 0.15) is 33.9 Å². The Kier molecular flexibility index (Phi) is 7.99. The third kappa shape index (κ3) is 5.69. The Hall–Kier alpha value is -4.08. The van der Waals surface area contributed by atoms with Gasteiger partial charge < -0.3 is 23.8 Å². The normalized spacial score (nSPS) is 15.7. The molecule has 39 heavy (non-hydrogen) atoms. The van der Waals surface area contributed by atoms with Crippen LogP contribution >= 0.6 is 11.6 Å². The van der Waals surface area contributed by atoms with E-state index >= 15 is 0 Å². The Morgan fingerprint density at radius 3 is 2.56 bits per heavy atom. The van der Waals surface area contributed by atoms with E-state index in [9.17, 15) is 9.59 Å². The molecular formula is C29H28ClN3O6. The molecule has 202 valence electrons. The molecule has 2 amide bonds. The van der Waals surface area contributed by atoms with Gasteiger partial charge in [-0.2, -0.15) is 5.10 Å². The second-order valence-electron chi connectivity index (χ2n) is 9.05. The van der Waals surface area contributed by atoms with Gasteiger partial charge in [-0.15, -0.1) is 0 Å². The quantitative estimate of drug-likeness (QED) is 0.389. The maximum absolute atomic E-state index is 13.8. The first kappa shape index (κ1) is 26.5. The number of nitrogens with zero attached hydrogens (tertiary/aromatic N) is 3. The molecule has 3 aromatic carbocycles. The van der Waals surface area contributed by atoms with Crippen LogP contribution in [0.4, 0.5) is 0 Å². The summed E-state index contributed by atoms with van der Waals surface area (Å²) < 4.78 is 21.4. The number of methoxy groups -OCH3 is 2. The van der Waals surface area contributed by atoms with Crippen molar-refractivity contribution < 1.29 is 28.5 Å². The minimum Gasteiger partial charge on any atom is -0.497 e. The van der Waals surface area contributed by atoms with Crippen molar-refractivity contribution in [3.05, 3.63) is 88.4 Å². The van der Waals surface area contributed by atoms with Crippen molar-refractivity contribution in [1.82, 2.24) is 9.91 Å². The fraction of sp³-hybridized carbons (Fsp3) is 0.276. The van der Waals surface area contributed by atoms with Crippen LogP contribution in [0.5, 0.6) is 17.2 Å². The number of hydrazone groups is 1. The first-order valence-corrected chi connectivity index (χ1v) is 12.8. The first-order chi connectivity index (χ1) is 19.0. The highest BCUT2D eigenvalue weighted by Gasteiger charge is 2.36. The number of carbonyl (C=O) groups is 2. The number of amides is 2. The van der Waals surface area contributed by atoms with E-state index in [0.717, 1.165) is 11.1 Å². The highest BCUT2D eigenvalue weighted by molar-refractivity contribution is 6.34. The van der Waals surface area contributed by atoms with Gasteiger partial charge in [0.1, 0.15) is 12.3 Å². The Bertz CT molecular complexity index is 1390. The molecule has 9 nitrogen and oxygen atoms in total. The lowest BCUT2D eigenvalue weighted by Crippen LogP contribution is -2.42. The molecule has 0 N–H and O–H groups in total. The molecule has 0 unspecified atom stereocenters. The second-order valence-corrected chi connectivity index (χ2v) is 9.45. The highest BCUT2D eigenvalue weighted by Crippen LogP contribution is 2.40. The zero-order valence-corrected chi connectivity index (χ0v) is 22.4. The van der Waals surface area contributed by atoms with E-state index in [-0.39, 0.29) is 38.3 Å². The summed E-state index contributed by atoms with van der Waals surface area (Å²) in [5.74, 6) is 1.27. The molecule has 2 aliphatic heterocycles. The number of ether oxygens (including phenoxy) is 4. The van der Waals surface area contributed by atoms with Gasteiger partial charge in [0.2, 0.25) is 6.79 Å². The fourth-order valence-electron chi connectivity index (χ4n) is 4.58. The van der Waals surface area contributed by atoms with Crippen molar-refractivity contribution in [2.45, 2.75) is 12.5 Å². The zero-order chi connectivity index (χ0) is 27.4. The third-order valence-corrected chi connectivity index (χ3v) is 6.98. The van der Waals surface area contributed by atoms with Crippen molar-refractivity contribution in [1.29, 1.82) is 0 Å². The minimum absolute atomic E-state index is 0.148. The third-order valence-electron chi connectivity index (χ3n) is 6.65. The van der Waals surface area contributed by atoms with Crippen LogP contribution in [0, 0.1) is 0 Å². The number of benzene rings is 3. The number of hydrogen-bond acceptors (Lipinski definition) is 7. The molecule has 0 saturated heterocycles. The van der Waals surface area contributed by atoms with E-state index in [2.05, 4.69) is 0 Å². The maximum atomic E-state index is 13.8. The van der Waals surface area contributed by atoms with Crippen LogP contribution < -0.4 is 14.2 Å². The maximum Gasteiger partial charge on any atom is 0.262 e. The molecule has 0 aliphatic carbocycles. The predicted molar refractivity (Wildman–Crippen MR) is 146 cm³/mol. The lowest BCUT2D eigenvalue weighted by molar-refractivity contribution is -0.133. The molecule has 2 aliphatic rings. The SMILES string of the molecule is COCCN(CC(=O)N1N=C(c2ccccc2Cl)C[C@H]1c1ccc2c(c1)OCO2)C(=O)c1ccc(OC)cc1. The van der Waals surface area contributed by atoms with E-state index in [1.807, 2.05) is 36.4 Å². The van der Waals surface area contributed by atoms with Crippen molar-refractivity contribution in [3.63, 3.8) is 0 Å². The molecule has 0 bridgehead atoms. The number of halogens is 1. The van der Waals surface area contributed by atoms with Gasteiger partial charge in [-0.05, 0) is 48.0 Å². The van der Waals surface area contributed by atoms with Gasteiger partial charge in [0.15, 0.2) is 11.5 Å². The van der Waals surface area contributed by atoms with Crippen LogP contribution in [-0.4, -0.2) is 68.1 Å². The molecule has 5 rings (SSSR count). The van der Waals surface area contributed by atoms with Crippen LogP contribution in [0.25, 0.3) is 0 Å². The van der Waals surface area contributed by atoms with Gasteiger partial charge >= 0.3 is 0 Å². The van der Waals surface area contributed by atoms with Crippen molar-refractivity contribution in [2.75, 3.05) is 40.7 Å². The summed E-state index contributed by atoms with van der Waals surface area (Å²) in [6.07, 6.45) is 0.444. The largest absolute Gasteiger partial charge is 0.497 e. The van der Waals surface area contributed by atoms with Crippen LogP contribution in [0.15, 0.2) is 71.8 Å². The molecule has 1 atom stereocenters. The van der Waals surface area contributed by atoms with Crippen LogP contribution in [-0.2, 0) is 9.53 Å². The monoisotopic (exact) mass is 549 g/mol. The van der Waals surface area contributed by atoms with E-state index in [0.29, 0.717) is 40.0 Å². The summed E-state index contributed by atoms with van der Waals surface area (Å²) in [6.45, 7) is 0.468. The highest BCUT2D eigenvalue weighted by atomic mass is 35.5. The molecular weight excluding hydrogens is 522 g/mol. The average molecular weight is 550 g/mol. The van der Waals surface area contributed by atoms with Gasteiger partial charge in [0, 0.05) is 36.2 Å². The first-order valence-electron chi connectivity index (χ1n) is 12.4. The number of rotatable bonds is 9. The smallest absolute Gasteiger partial charge is 0.262 e. The van der Waals surface area contributed by atoms with E-state index in [1.165, 1.54) is 9.91 Å². The topological polar surface area (TPSA) is 89.9 Å². The molecule has 0 spiro atoms. The molecule has 0 aromatic heterocycles. The van der Waals surface area contributed by atoms with Crippen molar-refractivity contribution in [3.8, 4) is 17.2 Å². The molecule has 0 fully saturated rings. The second kappa shape index (κ2) is 11.8. The molecule has 3 aromatic rings. The van der Waals surface area contributed by atoms with Gasteiger partial charge in [-0.25, -0.2) is 5.01 Å². The summed E-state index contributed by atoms with van der Waals surface area (Å²) in [5.41, 5.74) is 2.71. The predicted octanol–water partition coefficient (Wildman–Crippen LogP) is 4.54. The molecule has 0 saturated carbocycles. The lowest BCUT2D eigenvalue weighted by Gasteiger charge is -2.27. The number of carbonyl (C=O) groups excluding carboxylic acids is 2. The Morgan fingerprint density at radius 1 is 1.05 bits per heavy atom. The van der Waals surface area contributed by atoms with Crippen molar-refractivity contribution >= 4 is 29.1 Å². The Labute approximate surface area is 231 Å². The summed E-state index contributed by atoms with van der Waals surface area (Å²) >= 11 is 6.48. The Balaban J connectivity index is 1.44. The summed E-state index contributed by atoms with van der Waals surface area (Å²) in [7, 11) is 3.11. The van der Waals surface area contributed by atoms with Crippen LogP contribution in [0.3, 0.4) is 0 Å². The van der Waals surface area contributed by atoms with Crippen molar-refractivity contribution in [2.24, 2.45) is 5.10 Å². The minimum atomic E-state index is -0.418. The summed E-state index contributed by atoms with van der Waals surface area (Å²) in [6, 6.07) is 19.3. The van der Waals surface area contributed by atoms with Gasteiger partial charge in [0.05, 0.1) is 25.5 Å². The van der Waals surface area contributed by atoms with Gasteiger partial charge in [-0.3, -0.25) is 9.59 Å². The number of hydrogen-bond donors (Lipinski definition) is 0. The Morgan fingerprint density at radius 2 is 1.82 bits per heavy atom. The van der Waals surface area contributed by atoms with E-state index in [1.54, 1.807) is 44.6 Å². The molecule has 0 radical (unpaired) electrons. The average Bonchev–Trinajstić information content (AvgIpc) is 3.62. The van der Waals surface area contributed by atoms with E-state index < -0.39 is 6.04 Å². The van der Waals surface area contributed by atoms with Crippen LogP contribution in [0.2, 0.25) is 5.02 Å². The van der Waals surface area contributed by atoms with E-state index in [4.69, 9.17) is 35.6 Å².